The first-order chi connectivity index (χ1) is 15.1. The lowest BCUT2D eigenvalue weighted by atomic mass is 10.1. The van der Waals surface area contributed by atoms with E-state index in [-0.39, 0.29) is 4.90 Å². The van der Waals surface area contributed by atoms with Crippen molar-refractivity contribution in [1.29, 1.82) is 0 Å². The molecule has 1 aliphatic heterocycles. The number of hydrogen-bond acceptors (Lipinski definition) is 7. The predicted octanol–water partition coefficient (Wildman–Crippen LogP) is 3.84. The van der Waals surface area contributed by atoms with E-state index in [1.165, 1.54) is 21.2 Å². The Hall–Kier alpha value is -2.59. The maximum atomic E-state index is 12.7. The molecule has 2 aromatic carbocycles. The van der Waals surface area contributed by atoms with Gasteiger partial charge in [-0.25, -0.2) is 13.4 Å². The van der Waals surface area contributed by atoms with Gasteiger partial charge in [-0.3, -0.25) is 5.43 Å². The summed E-state index contributed by atoms with van der Waals surface area (Å²) in [5.74, 6) is 0. The van der Waals surface area contributed by atoms with Crippen LogP contribution in [0.2, 0.25) is 0 Å². The summed E-state index contributed by atoms with van der Waals surface area (Å²) in [5.41, 5.74) is 6.88. The van der Waals surface area contributed by atoms with Gasteiger partial charge in [0.25, 0.3) is 0 Å². The van der Waals surface area contributed by atoms with E-state index in [4.69, 9.17) is 4.74 Å². The highest BCUT2D eigenvalue weighted by molar-refractivity contribution is 7.89. The largest absolute Gasteiger partial charge is 0.379 e. The second kappa shape index (κ2) is 9.69. The molecule has 0 spiro atoms. The first-order valence-corrected chi connectivity index (χ1v) is 12.4. The highest BCUT2D eigenvalue weighted by Crippen LogP contribution is 2.27. The minimum atomic E-state index is -3.49. The lowest BCUT2D eigenvalue weighted by Gasteiger charge is -2.26. The van der Waals surface area contributed by atoms with Crippen molar-refractivity contribution in [3.8, 4) is 11.3 Å². The molecule has 0 saturated carbocycles. The summed E-state index contributed by atoms with van der Waals surface area (Å²) in [6, 6.07) is 15.1. The number of morpholine rings is 1. The molecule has 0 amide bonds. The number of benzene rings is 2. The second-order valence-electron chi connectivity index (χ2n) is 7.04. The quantitative estimate of drug-likeness (QED) is 0.431. The van der Waals surface area contributed by atoms with Crippen molar-refractivity contribution in [2.45, 2.75) is 18.2 Å². The molecule has 0 radical (unpaired) electrons. The average molecular weight is 457 g/mol. The van der Waals surface area contributed by atoms with Crippen LogP contribution >= 0.6 is 11.3 Å². The SMILES string of the molecule is CCc1ccc(/C=N/Nc2nc(-c3ccc(S(=O)(=O)N4CCOCC4)cc3)cs2)cc1. The number of hydrogen-bond donors (Lipinski definition) is 1. The molecule has 1 aromatic heterocycles. The van der Waals surface area contributed by atoms with E-state index in [0.717, 1.165) is 23.2 Å². The van der Waals surface area contributed by atoms with Crippen LogP contribution in [0.1, 0.15) is 18.1 Å². The summed E-state index contributed by atoms with van der Waals surface area (Å²) in [6.45, 7) is 3.75. The van der Waals surface area contributed by atoms with Gasteiger partial charge in [-0.2, -0.15) is 9.41 Å². The fourth-order valence-electron chi connectivity index (χ4n) is 3.19. The number of anilines is 1. The number of nitrogens with zero attached hydrogens (tertiary/aromatic N) is 3. The molecule has 162 valence electrons. The Morgan fingerprint density at radius 2 is 1.84 bits per heavy atom. The molecular formula is C22H24N4O3S2. The van der Waals surface area contributed by atoms with Gasteiger partial charge in [0.2, 0.25) is 15.2 Å². The van der Waals surface area contributed by atoms with Crippen LogP contribution < -0.4 is 5.43 Å². The fraction of sp³-hybridized carbons (Fsp3) is 0.273. The van der Waals surface area contributed by atoms with E-state index in [0.29, 0.717) is 31.4 Å². The van der Waals surface area contributed by atoms with E-state index in [9.17, 15) is 8.42 Å². The number of hydrazone groups is 1. The van der Waals surface area contributed by atoms with Crippen molar-refractivity contribution in [2.24, 2.45) is 5.10 Å². The van der Waals surface area contributed by atoms with Gasteiger partial charge in [-0.1, -0.05) is 43.3 Å². The summed E-state index contributed by atoms with van der Waals surface area (Å²) >= 11 is 1.44. The molecule has 1 fully saturated rings. The third-order valence-corrected chi connectivity index (χ3v) is 7.68. The third kappa shape index (κ3) is 5.19. The lowest BCUT2D eigenvalue weighted by Crippen LogP contribution is -2.40. The normalized spacial score (nSPS) is 15.4. The molecule has 0 atom stereocenters. The maximum Gasteiger partial charge on any atom is 0.243 e. The molecule has 1 N–H and O–H groups in total. The summed E-state index contributed by atoms with van der Waals surface area (Å²) in [6.07, 6.45) is 2.77. The summed E-state index contributed by atoms with van der Waals surface area (Å²) < 4.78 is 32.2. The van der Waals surface area contributed by atoms with Gasteiger partial charge in [0.05, 0.1) is 30.0 Å². The molecule has 2 heterocycles. The number of aryl methyl sites for hydroxylation is 1. The summed E-state index contributed by atoms with van der Waals surface area (Å²) in [7, 11) is -3.49. The number of sulfonamides is 1. The Bertz CT molecular complexity index is 1130. The van der Waals surface area contributed by atoms with Crippen LogP contribution in [0.15, 0.2) is 63.9 Å². The smallest absolute Gasteiger partial charge is 0.243 e. The molecule has 31 heavy (non-hydrogen) atoms. The van der Waals surface area contributed by atoms with Crippen molar-refractivity contribution in [1.82, 2.24) is 9.29 Å². The fourth-order valence-corrected chi connectivity index (χ4v) is 5.27. The second-order valence-corrected chi connectivity index (χ2v) is 9.84. The van der Waals surface area contributed by atoms with Gasteiger partial charge >= 0.3 is 0 Å². The molecular weight excluding hydrogens is 432 g/mol. The van der Waals surface area contributed by atoms with Gasteiger partial charge in [-0.15, -0.1) is 11.3 Å². The zero-order valence-electron chi connectivity index (χ0n) is 17.2. The van der Waals surface area contributed by atoms with Gasteiger partial charge in [0, 0.05) is 24.0 Å². The van der Waals surface area contributed by atoms with Crippen molar-refractivity contribution < 1.29 is 13.2 Å². The van der Waals surface area contributed by atoms with Crippen LogP contribution in [0.25, 0.3) is 11.3 Å². The van der Waals surface area contributed by atoms with Crippen LogP contribution in [0.4, 0.5) is 5.13 Å². The van der Waals surface area contributed by atoms with E-state index in [1.54, 1.807) is 30.5 Å². The first-order valence-electron chi connectivity index (χ1n) is 10.1. The number of rotatable bonds is 7. The zero-order chi connectivity index (χ0) is 21.7. The highest BCUT2D eigenvalue weighted by atomic mass is 32.2. The molecule has 0 bridgehead atoms. The Labute approximate surface area is 186 Å². The molecule has 3 aromatic rings. The van der Waals surface area contributed by atoms with Crippen LogP contribution in [0, 0.1) is 0 Å². The predicted molar refractivity (Wildman–Crippen MR) is 124 cm³/mol. The van der Waals surface area contributed by atoms with Crippen LogP contribution in [0.3, 0.4) is 0 Å². The standard InChI is InChI=1S/C22H24N4O3S2/c1-2-17-3-5-18(6-4-17)15-23-25-22-24-21(16-30-22)19-7-9-20(10-8-19)31(27,28)26-11-13-29-14-12-26/h3-10,15-16H,2,11-14H2,1H3,(H,24,25)/b23-15+. The Kier molecular flexibility index (Phi) is 6.77. The molecule has 1 aliphatic rings. The van der Waals surface area contributed by atoms with E-state index < -0.39 is 10.0 Å². The molecule has 0 aliphatic carbocycles. The third-order valence-electron chi connectivity index (χ3n) is 5.02. The Morgan fingerprint density at radius 1 is 1.13 bits per heavy atom. The molecule has 7 nitrogen and oxygen atoms in total. The van der Waals surface area contributed by atoms with Gasteiger partial charge in [0.15, 0.2) is 0 Å². The molecule has 1 saturated heterocycles. The number of ether oxygens (including phenoxy) is 1. The minimum Gasteiger partial charge on any atom is -0.379 e. The van der Waals surface area contributed by atoms with Crippen molar-refractivity contribution in [3.63, 3.8) is 0 Å². The Morgan fingerprint density at radius 3 is 2.52 bits per heavy atom. The van der Waals surface area contributed by atoms with Gasteiger partial charge in [0.1, 0.15) is 0 Å². The number of thiazole rings is 1. The van der Waals surface area contributed by atoms with Crippen molar-refractivity contribution in [2.75, 3.05) is 31.7 Å². The van der Waals surface area contributed by atoms with E-state index in [2.05, 4.69) is 34.6 Å². The summed E-state index contributed by atoms with van der Waals surface area (Å²) in [5, 5.41) is 6.83. The number of nitrogens with one attached hydrogen (secondary N) is 1. The monoisotopic (exact) mass is 456 g/mol. The van der Waals surface area contributed by atoms with Crippen molar-refractivity contribution in [3.05, 3.63) is 65.0 Å². The van der Waals surface area contributed by atoms with E-state index >= 15 is 0 Å². The van der Waals surface area contributed by atoms with Gasteiger partial charge in [-0.05, 0) is 29.7 Å². The zero-order valence-corrected chi connectivity index (χ0v) is 18.8. The first kappa shape index (κ1) is 21.6. The summed E-state index contributed by atoms with van der Waals surface area (Å²) in [4.78, 5) is 4.82. The van der Waals surface area contributed by atoms with E-state index in [1.807, 2.05) is 17.5 Å². The highest BCUT2D eigenvalue weighted by Gasteiger charge is 2.26. The topological polar surface area (TPSA) is 83.9 Å². The molecule has 4 rings (SSSR count). The van der Waals surface area contributed by atoms with Crippen LogP contribution in [-0.4, -0.2) is 50.2 Å². The number of aromatic nitrogens is 1. The maximum absolute atomic E-state index is 12.7. The average Bonchev–Trinajstić information content (AvgIpc) is 3.29. The Balaban J connectivity index is 1.41. The molecule has 0 unspecified atom stereocenters. The van der Waals surface area contributed by atoms with Crippen LogP contribution in [0.5, 0.6) is 0 Å². The van der Waals surface area contributed by atoms with Crippen molar-refractivity contribution >= 4 is 32.7 Å². The lowest BCUT2D eigenvalue weighted by molar-refractivity contribution is 0.0730. The minimum absolute atomic E-state index is 0.283. The van der Waals surface area contributed by atoms with Crippen LogP contribution in [-0.2, 0) is 21.2 Å². The van der Waals surface area contributed by atoms with Gasteiger partial charge < -0.3 is 4.74 Å². The molecule has 9 heteroatoms.